The molecule has 1 saturated heterocycles. The van der Waals surface area contributed by atoms with E-state index in [4.69, 9.17) is 0 Å². The number of nitrogens with zero attached hydrogens (tertiary/aromatic N) is 3. The summed E-state index contributed by atoms with van der Waals surface area (Å²) < 4.78 is 0. The number of aromatic amines is 1. The Labute approximate surface area is 146 Å². The Kier molecular flexibility index (Phi) is 4.97. The maximum atomic E-state index is 12.3. The molecule has 3 N–H and O–H groups in total. The lowest BCUT2D eigenvalue weighted by molar-refractivity contribution is -0.119. The van der Waals surface area contributed by atoms with Gasteiger partial charge in [0.15, 0.2) is 5.82 Å². The molecule has 0 unspecified atom stereocenters. The van der Waals surface area contributed by atoms with Gasteiger partial charge in [0.25, 0.3) is 0 Å². The Balaban J connectivity index is 1.53. The zero-order valence-electron chi connectivity index (χ0n) is 14.4. The third kappa shape index (κ3) is 4.56. The van der Waals surface area contributed by atoms with E-state index >= 15 is 0 Å². The fraction of sp³-hybridized carbons (Fsp3) is 0.412. The molecule has 1 atom stereocenters. The van der Waals surface area contributed by atoms with Gasteiger partial charge in [-0.15, -0.1) is 0 Å². The van der Waals surface area contributed by atoms with Gasteiger partial charge in [0, 0.05) is 38.2 Å². The highest BCUT2D eigenvalue weighted by Gasteiger charge is 2.26. The summed E-state index contributed by atoms with van der Waals surface area (Å²) in [4.78, 5) is 29.4. The number of urea groups is 1. The van der Waals surface area contributed by atoms with Crippen molar-refractivity contribution in [3.63, 3.8) is 0 Å². The minimum Gasteiger partial charge on any atom is -0.352 e. The Hall–Kier alpha value is -2.90. The van der Waals surface area contributed by atoms with Gasteiger partial charge in [-0.25, -0.2) is 9.78 Å². The van der Waals surface area contributed by atoms with Gasteiger partial charge in [-0.3, -0.25) is 9.89 Å². The molecule has 0 spiro atoms. The second-order valence-electron chi connectivity index (χ2n) is 6.27. The van der Waals surface area contributed by atoms with E-state index in [-0.39, 0.29) is 18.0 Å². The molecule has 1 aromatic carbocycles. The van der Waals surface area contributed by atoms with Crippen LogP contribution in [0.5, 0.6) is 0 Å². The van der Waals surface area contributed by atoms with Gasteiger partial charge in [0.1, 0.15) is 5.82 Å². The second kappa shape index (κ2) is 7.33. The summed E-state index contributed by atoms with van der Waals surface area (Å²) in [6.07, 6.45) is 1.42. The molecule has 25 heavy (non-hydrogen) atoms. The summed E-state index contributed by atoms with van der Waals surface area (Å²) in [6.45, 7) is 4.53. The minimum atomic E-state index is -0.148. The fourth-order valence-corrected chi connectivity index (χ4v) is 2.91. The molecule has 8 nitrogen and oxygen atoms in total. The number of aryl methyl sites for hydroxylation is 1. The molecule has 2 aromatic rings. The molecule has 0 aliphatic carbocycles. The molecule has 8 heteroatoms. The monoisotopic (exact) mass is 342 g/mol. The van der Waals surface area contributed by atoms with Crippen LogP contribution in [0, 0.1) is 6.92 Å². The third-order valence-corrected chi connectivity index (χ3v) is 4.09. The van der Waals surface area contributed by atoms with E-state index in [2.05, 4.69) is 25.8 Å². The first-order valence-electron chi connectivity index (χ1n) is 8.29. The summed E-state index contributed by atoms with van der Waals surface area (Å²) in [5.74, 6) is 1.47. The van der Waals surface area contributed by atoms with Crippen LogP contribution in [-0.4, -0.2) is 51.2 Å². The number of benzene rings is 1. The molecular formula is C17H22N6O2. The first-order chi connectivity index (χ1) is 12.0. The first kappa shape index (κ1) is 16.9. The van der Waals surface area contributed by atoms with Gasteiger partial charge in [0.05, 0.1) is 0 Å². The molecule has 0 bridgehead atoms. The van der Waals surface area contributed by atoms with Gasteiger partial charge >= 0.3 is 6.03 Å². The lowest BCUT2D eigenvalue weighted by atomic mass is 10.1. The summed E-state index contributed by atoms with van der Waals surface area (Å²) >= 11 is 0. The summed E-state index contributed by atoms with van der Waals surface area (Å²) in [6, 6.07) is 7.53. The first-order valence-corrected chi connectivity index (χ1v) is 8.29. The van der Waals surface area contributed by atoms with Crippen LogP contribution in [0.3, 0.4) is 0 Å². The maximum Gasteiger partial charge on any atom is 0.321 e. The SMILES string of the molecule is CC(=O)N[C@H]1CCN(C(=O)Nc2ccc(Cc3n[nH]c(C)n3)cc2)C1. The summed E-state index contributed by atoms with van der Waals surface area (Å²) in [7, 11) is 0. The molecule has 132 valence electrons. The Morgan fingerprint density at radius 3 is 2.72 bits per heavy atom. The average molecular weight is 342 g/mol. The van der Waals surface area contributed by atoms with Crippen molar-refractivity contribution in [3.8, 4) is 0 Å². The van der Waals surface area contributed by atoms with Crippen LogP contribution in [0.1, 0.15) is 30.6 Å². The van der Waals surface area contributed by atoms with Crippen LogP contribution in [-0.2, 0) is 11.2 Å². The number of anilines is 1. The van der Waals surface area contributed by atoms with Gasteiger partial charge in [-0.05, 0) is 31.0 Å². The number of carbonyl (C=O) groups excluding carboxylic acids is 2. The second-order valence-corrected chi connectivity index (χ2v) is 6.27. The predicted molar refractivity (Wildman–Crippen MR) is 93.2 cm³/mol. The van der Waals surface area contributed by atoms with Crippen molar-refractivity contribution in [2.75, 3.05) is 18.4 Å². The van der Waals surface area contributed by atoms with Crippen molar-refractivity contribution in [1.29, 1.82) is 0 Å². The summed E-state index contributed by atoms with van der Waals surface area (Å²) in [5, 5.41) is 12.7. The molecular weight excluding hydrogens is 320 g/mol. The Bertz CT molecular complexity index is 755. The number of nitrogens with one attached hydrogen (secondary N) is 3. The number of rotatable bonds is 4. The van der Waals surface area contributed by atoms with E-state index < -0.39 is 0 Å². The Morgan fingerprint density at radius 1 is 1.32 bits per heavy atom. The van der Waals surface area contributed by atoms with E-state index in [0.717, 1.165) is 29.3 Å². The van der Waals surface area contributed by atoms with Crippen molar-refractivity contribution >= 4 is 17.6 Å². The summed E-state index contributed by atoms with van der Waals surface area (Å²) in [5.41, 5.74) is 1.81. The molecule has 1 aromatic heterocycles. The quantitative estimate of drug-likeness (QED) is 0.782. The number of H-pyrrole nitrogens is 1. The van der Waals surface area contributed by atoms with Crippen molar-refractivity contribution < 1.29 is 9.59 Å². The van der Waals surface area contributed by atoms with Crippen LogP contribution in [0.15, 0.2) is 24.3 Å². The van der Waals surface area contributed by atoms with Crippen LogP contribution < -0.4 is 10.6 Å². The number of aromatic nitrogens is 3. The molecule has 1 aliphatic rings. The molecule has 3 amide bonds. The molecule has 0 saturated carbocycles. The number of likely N-dealkylation sites (tertiary alicyclic amines) is 1. The van der Waals surface area contributed by atoms with E-state index in [1.165, 1.54) is 6.92 Å². The molecule has 3 rings (SSSR count). The van der Waals surface area contributed by atoms with Crippen molar-refractivity contribution in [3.05, 3.63) is 41.5 Å². The predicted octanol–water partition coefficient (Wildman–Crippen LogP) is 1.45. The standard InChI is InChI=1S/C17H22N6O2/c1-11-18-16(22-21-11)9-13-3-5-14(6-4-13)20-17(25)23-8-7-15(10-23)19-12(2)24/h3-6,15H,7-10H2,1-2H3,(H,19,24)(H,20,25)(H,18,21,22)/t15-/m0/s1. The number of hydrogen-bond acceptors (Lipinski definition) is 4. The minimum absolute atomic E-state index is 0.0374. The smallest absolute Gasteiger partial charge is 0.321 e. The zero-order chi connectivity index (χ0) is 17.8. The molecule has 1 aliphatic heterocycles. The molecule has 1 fully saturated rings. The number of hydrogen-bond donors (Lipinski definition) is 3. The lowest BCUT2D eigenvalue weighted by Gasteiger charge is -2.17. The highest BCUT2D eigenvalue weighted by atomic mass is 16.2. The normalized spacial score (nSPS) is 16.7. The van der Waals surface area contributed by atoms with Crippen molar-refractivity contribution in [1.82, 2.24) is 25.4 Å². The zero-order valence-corrected chi connectivity index (χ0v) is 14.4. The highest BCUT2D eigenvalue weighted by molar-refractivity contribution is 5.89. The van der Waals surface area contributed by atoms with Gasteiger partial charge in [0.2, 0.25) is 5.91 Å². The third-order valence-electron chi connectivity index (χ3n) is 4.09. The van der Waals surface area contributed by atoms with Gasteiger partial charge in [-0.2, -0.15) is 5.10 Å². The lowest BCUT2D eigenvalue weighted by Crippen LogP contribution is -2.38. The van der Waals surface area contributed by atoms with Crippen molar-refractivity contribution in [2.45, 2.75) is 32.7 Å². The van der Waals surface area contributed by atoms with E-state index in [1.54, 1.807) is 4.90 Å². The van der Waals surface area contributed by atoms with E-state index in [0.29, 0.717) is 19.5 Å². The van der Waals surface area contributed by atoms with Crippen LogP contribution in [0.4, 0.5) is 10.5 Å². The van der Waals surface area contributed by atoms with Gasteiger partial charge in [-0.1, -0.05) is 12.1 Å². The van der Waals surface area contributed by atoms with Gasteiger partial charge < -0.3 is 15.5 Å². The maximum absolute atomic E-state index is 12.3. The largest absolute Gasteiger partial charge is 0.352 e. The Morgan fingerprint density at radius 2 is 2.08 bits per heavy atom. The fourth-order valence-electron chi connectivity index (χ4n) is 2.91. The van der Waals surface area contributed by atoms with Crippen LogP contribution >= 0.6 is 0 Å². The average Bonchev–Trinajstić information content (AvgIpc) is 3.18. The molecule has 2 heterocycles. The molecule has 0 radical (unpaired) electrons. The number of amides is 3. The topological polar surface area (TPSA) is 103 Å². The van der Waals surface area contributed by atoms with E-state index in [1.807, 2.05) is 31.2 Å². The van der Waals surface area contributed by atoms with E-state index in [9.17, 15) is 9.59 Å². The van der Waals surface area contributed by atoms with Crippen LogP contribution in [0.25, 0.3) is 0 Å². The number of carbonyl (C=O) groups is 2. The van der Waals surface area contributed by atoms with Crippen molar-refractivity contribution in [2.24, 2.45) is 0 Å². The van der Waals surface area contributed by atoms with Crippen LogP contribution in [0.2, 0.25) is 0 Å². The highest BCUT2D eigenvalue weighted by Crippen LogP contribution is 2.15.